The smallest absolute Gasteiger partial charge is 0.0784 e. The summed E-state index contributed by atoms with van der Waals surface area (Å²) in [7, 11) is 2.49. The van der Waals surface area contributed by atoms with Crippen molar-refractivity contribution in [3.05, 3.63) is 0 Å². The van der Waals surface area contributed by atoms with Gasteiger partial charge in [-0.15, -0.1) is 0 Å². The lowest BCUT2D eigenvalue weighted by Gasteiger charge is -2.33. The van der Waals surface area contributed by atoms with Crippen LogP contribution in [0.2, 0.25) is 0 Å². The average molecular weight is 341 g/mol. The third-order valence-electron chi connectivity index (χ3n) is 5.87. The van der Waals surface area contributed by atoms with Gasteiger partial charge in [0.25, 0.3) is 0 Å². The molecule has 1 atom stereocenters. The largest absolute Gasteiger partial charge is 0.326 e. The first-order valence-electron chi connectivity index (χ1n) is 11.5. The van der Waals surface area contributed by atoms with Gasteiger partial charge >= 0.3 is 0 Å². The van der Waals surface area contributed by atoms with Crippen LogP contribution in [0.4, 0.5) is 0 Å². The highest BCUT2D eigenvalue weighted by Crippen LogP contribution is 2.14. The Balaban J connectivity index is 3.48. The van der Waals surface area contributed by atoms with Crippen molar-refractivity contribution in [3.8, 4) is 0 Å². The van der Waals surface area contributed by atoms with Gasteiger partial charge in [-0.2, -0.15) is 0 Å². The van der Waals surface area contributed by atoms with Gasteiger partial charge in [0.15, 0.2) is 0 Å². The quantitative estimate of drug-likeness (QED) is 0.167. The van der Waals surface area contributed by atoms with E-state index in [1.165, 1.54) is 127 Å². The Morgan fingerprint density at radius 1 is 0.417 bits per heavy atom. The van der Waals surface area contributed by atoms with Crippen molar-refractivity contribution in [2.24, 2.45) is 0 Å². The van der Waals surface area contributed by atoms with E-state index in [9.17, 15) is 0 Å². The second kappa shape index (κ2) is 17.8. The summed E-state index contributed by atoms with van der Waals surface area (Å²) in [5.41, 5.74) is 0. The molecule has 1 nitrogen and oxygen atoms in total. The number of hydrogen-bond donors (Lipinski definition) is 0. The lowest BCUT2D eigenvalue weighted by molar-refractivity contribution is -0.908. The van der Waals surface area contributed by atoms with Gasteiger partial charge in [-0.05, 0) is 32.6 Å². The molecular weight excluding hydrogens is 290 g/mol. The average Bonchev–Trinajstić information content (AvgIpc) is 2.59. The maximum Gasteiger partial charge on any atom is 0.0784 e. The zero-order chi connectivity index (χ0) is 17.9. The second-order valence-corrected chi connectivity index (χ2v) is 8.33. The fourth-order valence-corrected chi connectivity index (χ4v) is 3.68. The predicted molar refractivity (Wildman–Crippen MR) is 112 cm³/mol. The molecule has 1 heteroatoms. The van der Waals surface area contributed by atoms with E-state index >= 15 is 0 Å². The molecule has 0 aliphatic heterocycles. The van der Waals surface area contributed by atoms with Crippen LogP contribution in [0.1, 0.15) is 124 Å². The van der Waals surface area contributed by atoms with Crippen molar-refractivity contribution in [2.75, 3.05) is 26.7 Å². The molecule has 0 fully saturated rings. The Labute approximate surface area is 155 Å². The van der Waals surface area contributed by atoms with Crippen LogP contribution in [0, 0.1) is 0 Å². The van der Waals surface area contributed by atoms with E-state index in [-0.39, 0.29) is 0 Å². The number of unbranched alkanes of at least 4 members (excludes halogenated alkanes) is 14. The second-order valence-electron chi connectivity index (χ2n) is 8.33. The van der Waals surface area contributed by atoms with Gasteiger partial charge in [0, 0.05) is 0 Å². The minimum Gasteiger partial charge on any atom is -0.326 e. The lowest BCUT2D eigenvalue weighted by atomic mass is 10.1. The molecule has 0 saturated carbocycles. The maximum absolute atomic E-state index is 2.49. The fourth-order valence-electron chi connectivity index (χ4n) is 3.68. The molecule has 0 aliphatic carbocycles. The van der Waals surface area contributed by atoms with E-state index in [1.54, 1.807) is 0 Å². The first-order valence-corrected chi connectivity index (χ1v) is 11.5. The van der Waals surface area contributed by atoms with Gasteiger partial charge in [0.2, 0.25) is 0 Å². The molecule has 0 rings (SSSR count). The van der Waals surface area contributed by atoms with Crippen molar-refractivity contribution in [1.82, 2.24) is 0 Å². The van der Waals surface area contributed by atoms with Crippen LogP contribution >= 0.6 is 0 Å². The van der Waals surface area contributed by atoms with Crippen molar-refractivity contribution in [3.63, 3.8) is 0 Å². The third kappa shape index (κ3) is 15.5. The van der Waals surface area contributed by atoms with Gasteiger partial charge in [-0.25, -0.2) is 0 Å². The molecule has 24 heavy (non-hydrogen) atoms. The van der Waals surface area contributed by atoms with Crippen LogP contribution in [-0.2, 0) is 0 Å². The van der Waals surface area contributed by atoms with Crippen LogP contribution < -0.4 is 0 Å². The van der Waals surface area contributed by atoms with E-state index in [0.717, 1.165) is 0 Å². The molecule has 0 N–H and O–H groups in total. The molecule has 0 amide bonds. The summed E-state index contributed by atoms with van der Waals surface area (Å²) in [4.78, 5) is 0. The van der Waals surface area contributed by atoms with Gasteiger partial charge < -0.3 is 4.48 Å². The SMILES string of the molecule is CCCCCCCCCCCC[N+](C)(CC)CCCCCCCC. The van der Waals surface area contributed by atoms with E-state index in [1.807, 2.05) is 0 Å². The Bertz CT molecular complexity index is 238. The number of quaternary nitrogens is 1. The Morgan fingerprint density at radius 2 is 0.708 bits per heavy atom. The minimum absolute atomic E-state index is 1.31. The molecule has 0 radical (unpaired) electrons. The highest BCUT2D eigenvalue weighted by molar-refractivity contribution is 4.49. The van der Waals surface area contributed by atoms with Crippen LogP contribution in [-0.4, -0.2) is 31.2 Å². The molecule has 0 aromatic carbocycles. The summed E-state index contributed by atoms with van der Waals surface area (Å²) in [6, 6.07) is 0. The van der Waals surface area contributed by atoms with Crippen LogP contribution in [0.3, 0.4) is 0 Å². The van der Waals surface area contributed by atoms with Crippen LogP contribution in [0.15, 0.2) is 0 Å². The van der Waals surface area contributed by atoms with Gasteiger partial charge in [0.1, 0.15) is 0 Å². The van der Waals surface area contributed by atoms with E-state index < -0.39 is 0 Å². The maximum atomic E-state index is 2.49. The normalized spacial score (nSPS) is 14.0. The summed E-state index contributed by atoms with van der Waals surface area (Å²) in [5, 5.41) is 0. The topological polar surface area (TPSA) is 0 Å². The van der Waals surface area contributed by atoms with Crippen molar-refractivity contribution in [2.45, 2.75) is 124 Å². The first-order chi connectivity index (χ1) is 11.7. The third-order valence-corrected chi connectivity index (χ3v) is 5.87. The molecule has 0 heterocycles. The number of nitrogens with zero attached hydrogens (tertiary/aromatic N) is 1. The number of hydrogen-bond acceptors (Lipinski definition) is 0. The molecule has 146 valence electrons. The molecular formula is C23H50N+. The zero-order valence-electron chi connectivity index (χ0n) is 17.9. The fraction of sp³-hybridized carbons (Fsp3) is 1.00. The van der Waals surface area contributed by atoms with E-state index in [4.69, 9.17) is 0 Å². The zero-order valence-corrected chi connectivity index (χ0v) is 17.9. The summed E-state index contributed by atoms with van der Waals surface area (Å²) in [6.07, 6.45) is 23.1. The summed E-state index contributed by atoms with van der Waals surface area (Å²) in [6.45, 7) is 11.1. The van der Waals surface area contributed by atoms with Gasteiger partial charge in [-0.1, -0.05) is 90.9 Å². The Kier molecular flexibility index (Phi) is 17.7. The Hall–Kier alpha value is -0.0400. The summed E-state index contributed by atoms with van der Waals surface area (Å²) >= 11 is 0. The Morgan fingerprint density at radius 3 is 1.00 bits per heavy atom. The minimum atomic E-state index is 1.31. The molecule has 0 aromatic rings. The highest BCUT2D eigenvalue weighted by atomic mass is 15.3. The van der Waals surface area contributed by atoms with E-state index in [2.05, 4.69) is 27.8 Å². The van der Waals surface area contributed by atoms with Crippen LogP contribution in [0.5, 0.6) is 0 Å². The first kappa shape index (κ1) is 24.0. The number of rotatable bonds is 19. The van der Waals surface area contributed by atoms with Crippen molar-refractivity contribution < 1.29 is 4.48 Å². The van der Waals surface area contributed by atoms with Crippen molar-refractivity contribution >= 4 is 0 Å². The van der Waals surface area contributed by atoms with Crippen molar-refractivity contribution in [1.29, 1.82) is 0 Å². The predicted octanol–water partition coefficient (Wildman–Crippen LogP) is 7.73. The molecule has 1 unspecified atom stereocenters. The highest BCUT2D eigenvalue weighted by Gasteiger charge is 2.17. The van der Waals surface area contributed by atoms with Crippen LogP contribution in [0.25, 0.3) is 0 Å². The molecule has 0 saturated heterocycles. The molecule has 0 spiro atoms. The molecule has 0 aliphatic rings. The monoisotopic (exact) mass is 340 g/mol. The summed E-state index contributed by atoms with van der Waals surface area (Å²) in [5.74, 6) is 0. The van der Waals surface area contributed by atoms with E-state index in [0.29, 0.717) is 0 Å². The standard InChI is InChI=1S/C23H50N/c1-5-8-10-12-14-15-16-17-19-21-23-24(4,7-3)22-20-18-13-11-9-6-2/h5-23H2,1-4H3/q+1. The molecule has 0 bridgehead atoms. The summed E-state index contributed by atoms with van der Waals surface area (Å²) < 4.78 is 1.31. The molecule has 0 aromatic heterocycles. The van der Waals surface area contributed by atoms with Gasteiger partial charge in [-0.3, -0.25) is 0 Å². The van der Waals surface area contributed by atoms with Gasteiger partial charge in [0.05, 0.1) is 26.7 Å². The lowest BCUT2D eigenvalue weighted by Crippen LogP contribution is -2.45.